The van der Waals surface area contributed by atoms with E-state index in [1.165, 1.54) is 11.8 Å². The van der Waals surface area contributed by atoms with Crippen molar-refractivity contribution in [2.24, 2.45) is 0 Å². The summed E-state index contributed by atoms with van der Waals surface area (Å²) in [7, 11) is 0. The van der Waals surface area contributed by atoms with E-state index >= 15 is 0 Å². The number of aromatic nitrogens is 5. The quantitative estimate of drug-likeness (QED) is 0.364. The highest BCUT2D eigenvalue weighted by Gasteiger charge is 2.23. The van der Waals surface area contributed by atoms with Crippen molar-refractivity contribution in [3.63, 3.8) is 0 Å². The molecule has 0 amide bonds. The van der Waals surface area contributed by atoms with Gasteiger partial charge in [-0.3, -0.25) is 4.79 Å². The molecule has 0 atom stereocenters. The van der Waals surface area contributed by atoms with Crippen molar-refractivity contribution in [1.29, 1.82) is 0 Å². The molecule has 8 heteroatoms. The summed E-state index contributed by atoms with van der Waals surface area (Å²) in [5.41, 5.74) is 3.49. The van der Waals surface area contributed by atoms with E-state index in [0.29, 0.717) is 34.7 Å². The van der Waals surface area contributed by atoms with Crippen LogP contribution in [-0.4, -0.2) is 37.1 Å². The van der Waals surface area contributed by atoms with Crippen molar-refractivity contribution >= 4 is 39.6 Å². The minimum Gasteiger partial charge on any atom is -0.355 e. The molecule has 0 fully saturated rings. The van der Waals surface area contributed by atoms with Crippen LogP contribution in [0.4, 0.5) is 5.95 Å². The van der Waals surface area contributed by atoms with Crippen LogP contribution < -0.4 is 10.9 Å². The highest BCUT2D eigenvalue weighted by molar-refractivity contribution is 7.98. The van der Waals surface area contributed by atoms with E-state index in [1.54, 1.807) is 4.57 Å². The zero-order chi connectivity index (χ0) is 22.9. The van der Waals surface area contributed by atoms with E-state index in [0.717, 1.165) is 28.2 Å². The molecule has 5 rings (SSSR count). The number of nitrogens with one attached hydrogen (secondary N) is 1. The van der Waals surface area contributed by atoms with Crippen molar-refractivity contribution in [3.05, 3.63) is 76.7 Å². The Bertz CT molecular complexity index is 1510. The van der Waals surface area contributed by atoms with Gasteiger partial charge in [-0.15, -0.1) is 11.8 Å². The molecule has 7 nitrogen and oxygen atoms in total. The first-order valence-corrected chi connectivity index (χ1v) is 12.1. The molecule has 0 radical (unpaired) electrons. The number of para-hydroxylation sites is 2. The SMILES string of the molecule is CCCNc1nc2c(c(C)nc3c2c(SC)nn3-c2ccccc2)c(=O)n1-c1ccccc1. The summed E-state index contributed by atoms with van der Waals surface area (Å²) in [6.07, 6.45) is 2.89. The maximum absolute atomic E-state index is 13.9. The monoisotopic (exact) mass is 456 g/mol. The molecule has 0 aliphatic heterocycles. The predicted molar refractivity (Wildman–Crippen MR) is 135 cm³/mol. The molecule has 3 aromatic heterocycles. The van der Waals surface area contributed by atoms with Crippen LogP contribution in [0.25, 0.3) is 33.3 Å². The second kappa shape index (κ2) is 8.71. The first kappa shape index (κ1) is 21.2. The van der Waals surface area contributed by atoms with Gasteiger partial charge in [0, 0.05) is 6.54 Å². The number of nitrogens with zero attached hydrogens (tertiary/aromatic N) is 5. The van der Waals surface area contributed by atoms with Crippen LogP contribution in [0.1, 0.15) is 19.0 Å². The van der Waals surface area contributed by atoms with Crippen LogP contribution in [0.5, 0.6) is 0 Å². The largest absolute Gasteiger partial charge is 0.355 e. The van der Waals surface area contributed by atoms with E-state index in [1.807, 2.05) is 78.5 Å². The average molecular weight is 457 g/mol. The average Bonchev–Trinajstić information content (AvgIpc) is 3.22. The number of hydrogen-bond acceptors (Lipinski definition) is 6. The Balaban J connectivity index is 1.90. The normalized spacial score (nSPS) is 11.4. The molecule has 0 saturated heterocycles. The van der Waals surface area contributed by atoms with Gasteiger partial charge in [0.2, 0.25) is 5.95 Å². The summed E-state index contributed by atoms with van der Waals surface area (Å²) in [4.78, 5) is 23.7. The van der Waals surface area contributed by atoms with Gasteiger partial charge in [-0.25, -0.2) is 19.2 Å². The molecule has 0 aliphatic rings. The maximum atomic E-state index is 13.9. The van der Waals surface area contributed by atoms with E-state index in [-0.39, 0.29) is 5.56 Å². The summed E-state index contributed by atoms with van der Waals surface area (Å²) in [6, 6.07) is 19.5. The minimum atomic E-state index is -0.142. The van der Waals surface area contributed by atoms with Gasteiger partial charge in [-0.1, -0.05) is 43.3 Å². The lowest BCUT2D eigenvalue weighted by atomic mass is 10.2. The fourth-order valence-corrected chi connectivity index (χ4v) is 4.56. The lowest BCUT2D eigenvalue weighted by molar-refractivity contribution is 0.851. The Morgan fingerprint density at radius 3 is 2.24 bits per heavy atom. The molecule has 0 saturated carbocycles. The Kier molecular flexibility index (Phi) is 5.60. The Morgan fingerprint density at radius 2 is 1.61 bits per heavy atom. The minimum absolute atomic E-state index is 0.142. The molecular formula is C25H24N6OS. The van der Waals surface area contributed by atoms with Crippen LogP contribution in [0.3, 0.4) is 0 Å². The van der Waals surface area contributed by atoms with Crippen LogP contribution in [0.2, 0.25) is 0 Å². The van der Waals surface area contributed by atoms with Gasteiger partial charge < -0.3 is 5.32 Å². The summed E-state index contributed by atoms with van der Waals surface area (Å²) >= 11 is 1.52. The molecule has 3 heterocycles. The molecule has 0 bridgehead atoms. The molecule has 33 heavy (non-hydrogen) atoms. The van der Waals surface area contributed by atoms with Crippen LogP contribution in [0.15, 0.2) is 70.5 Å². The number of fused-ring (bicyclic) bond motifs is 3. The molecule has 0 aliphatic carbocycles. The number of thioether (sulfide) groups is 1. The number of hydrogen-bond donors (Lipinski definition) is 1. The van der Waals surface area contributed by atoms with Crippen molar-refractivity contribution in [2.45, 2.75) is 25.3 Å². The number of aryl methyl sites for hydroxylation is 1. The third-order valence-electron chi connectivity index (χ3n) is 5.53. The van der Waals surface area contributed by atoms with Gasteiger partial charge in [0.05, 0.1) is 33.4 Å². The topological polar surface area (TPSA) is 77.6 Å². The van der Waals surface area contributed by atoms with Crippen molar-refractivity contribution in [1.82, 2.24) is 24.3 Å². The van der Waals surface area contributed by atoms with Gasteiger partial charge >= 0.3 is 0 Å². The lowest BCUT2D eigenvalue weighted by Crippen LogP contribution is -2.25. The van der Waals surface area contributed by atoms with Crippen LogP contribution in [0, 0.1) is 6.92 Å². The number of rotatable bonds is 6. The Hall–Kier alpha value is -3.65. The number of pyridine rings is 1. The summed E-state index contributed by atoms with van der Waals surface area (Å²) in [5.74, 6) is 0.520. The van der Waals surface area contributed by atoms with E-state index in [4.69, 9.17) is 15.1 Å². The van der Waals surface area contributed by atoms with E-state index < -0.39 is 0 Å². The molecule has 166 valence electrons. The maximum Gasteiger partial charge on any atom is 0.269 e. The van der Waals surface area contributed by atoms with E-state index in [9.17, 15) is 4.79 Å². The molecule has 5 aromatic rings. The first-order valence-electron chi connectivity index (χ1n) is 10.9. The third kappa shape index (κ3) is 3.56. The van der Waals surface area contributed by atoms with Crippen molar-refractivity contribution in [2.75, 3.05) is 18.1 Å². The van der Waals surface area contributed by atoms with Crippen LogP contribution in [-0.2, 0) is 0 Å². The fraction of sp³-hybridized carbons (Fsp3) is 0.200. The van der Waals surface area contributed by atoms with Gasteiger partial charge in [0.15, 0.2) is 5.65 Å². The fourth-order valence-electron chi connectivity index (χ4n) is 4.01. The summed E-state index contributed by atoms with van der Waals surface area (Å²) in [5, 5.41) is 10.3. The first-order chi connectivity index (χ1) is 16.1. The molecule has 1 N–H and O–H groups in total. The van der Waals surface area contributed by atoms with Crippen molar-refractivity contribution < 1.29 is 0 Å². The molecule has 0 spiro atoms. The predicted octanol–water partition coefficient (Wildman–Crippen LogP) is 4.97. The molecule has 0 unspecified atom stereocenters. The smallest absolute Gasteiger partial charge is 0.269 e. The van der Waals surface area contributed by atoms with E-state index in [2.05, 4.69) is 12.2 Å². The van der Waals surface area contributed by atoms with Gasteiger partial charge in [0.1, 0.15) is 5.03 Å². The molecule has 2 aromatic carbocycles. The number of anilines is 1. The summed E-state index contributed by atoms with van der Waals surface area (Å²) < 4.78 is 3.47. The highest BCUT2D eigenvalue weighted by atomic mass is 32.2. The van der Waals surface area contributed by atoms with Gasteiger partial charge in [-0.05, 0) is 43.9 Å². The Labute approximate surface area is 195 Å². The molecular weight excluding hydrogens is 432 g/mol. The third-order valence-corrected chi connectivity index (χ3v) is 6.20. The zero-order valence-corrected chi connectivity index (χ0v) is 19.6. The lowest BCUT2D eigenvalue weighted by Gasteiger charge is -2.16. The zero-order valence-electron chi connectivity index (χ0n) is 18.7. The second-order valence-corrected chi connectivity index (χ2v) is 8.51. The highest BCUT2D eigenvalue weighted by Crippen LogP contribution is 2.33. The standard InChI is InChI=1S/C25H24N6OS/c1-4-15-26-25-28-21-19(24(32)30(25)17-11-7-5-8-12-17)16(2)27-22-20(21)23(33-3)29-31(22)18-13-9-6-10-14-18/h5-14H,4,15H2,1-3H3,(H,26,28). The van der Waals surface area contributed by atoms with Gasteiger partial charge in [0.25, 0.3) is 5.56 Å². The summed E-state index contributed by atoms with van der Waals surface area (Å²) in [6.45, 7) is 4.65. The second-order valence-electron chi connectivity index (χ2n) is 7.71. The van der Waals surface area contributed by atoms with Crippen molar-refractivity contribution in [3.8, 4) is 11.4 Å². The van der Waals surface area contributed by atoms with Crippen LogP contribution >= 0.6 is 11.8 Å². The Morgan fingerprint density at radius 1 is 0.939 bits per heavy atom. The van der Waals surface area contributed by atoms with Gasteiger partial charge in [-0.2, -0.15) is 5.10 Å². The number of benzene rings is 2.